The van der Waals surface area contributed by atoms with Gasteiger partial charge in [-0.15, -0.1) is 0 Å². The van der Waals surface area contributed by atoms with E-state index in [1.165, 1.54) is 0 Å². The van der Waals surface area contributed by atoms with Gasteiger partial charge in [0.25, 0.3) is 0 Å². The van der Waals surface area contributed by atoms with Crippen LogP contribution in [0.25, 0.3) is 0 Å². The Labute approximate surface area is 115 Å². The molecular formula is C16H24O3. The summed E-state index contributed by atoms with van der Waals surface area (Å²) in [7, 11) is 0. The number of benzene rings is 1. The van der Waals surface area contributed by atoms with Gasteiger partial charge in [-0.3, -0.25) is 0 Å². The van der Waals surface area contributed by atoms with Crippen molar-refractivity contribution in [1.82, 2.24) is 0 Å². The fraction of sp³-hybridized carbons (Fsp3) is 0.625. The van der Waals surface area contributed by atoms with Crippen molar-refractivity contribution in [3.63, 3.8) is 0 Å². The second kappa shape index (κ2) is 5.61. The van der Waals surface area contributed by atoms with Crippen LogP contribution in [0.5, 0.6) is 0 Å². The molecule has 1 aromatic carbocycles. The van der Waals surface area contributed by atoms with E-state index < -0.39 is 0 Å². The normalized spacial score (nSPS) is 18.1. The smallest absolute Gasteiger partial charge is 0.0875 e. The number of aliphatic hydroxyl groups is 1. The van der Waals surface area contributed by atoms with E-state index in [4.69, 9.17) is 14.6 Å². The summed E-state index contributed by atoms with van der Waals surface area (Å²) in [6, 6.07) is 7.95. The number of hydrogen-bond donors (Lipinski definition) is 1. The summed E-state index contributed by atoms with van der Waals surface area (Å²) < 4.78 is 11.5. The Morgan fingerprint density at radius 3 is 2.32 bits per heavy atom. The molecule has 1 aliphatic rings. The van der Waals surface area contributed by atoms with E-state index in [-0.39, 0.29) is 17.6 Å². The van der Waals surface area contributed by atoms with Crippen molar-refractivity contribution in [3.8, 4) is 0 Å². The number of aliphatic hydroxyl groups excluding tert-OH is 1. The SMILES string of the molecule is CCC1(COC(C)(C)c2ccc(CO)cc2)COC1. The van der Waals surface area contributed by atoms with Gasteiger partial charge in [-0.25, -0.2) is 0 Å². The minimum Gasteiger partial charge on any atom is -0.392 e. The number of hydrogen-bond acceptors (Lipinski definition) is 3. The summed E-state index contributed by atoms with van der Waals surface area (Å²) in [5.41, 5.74) is 1.96. The fourth-order valence-electron chi connectivity index (χ4n) is 2.21. The zero-order valence-electron chi connectivity index (χ0n) is 12.1. The molecule has 0 aromatic heterocycles. The van der Waals surface area contributed by atoms with Crippen molar-refractivity contribution in [3.05, 3.63) is 35.4 Å². The predicted molar refractivity (Wildman–Crippen MR) is 74.9 cm³/mol. The van der Waals surface area contributed by atoms with Crippen LogP contribution >= 0.6 is 0 Å². The quantitative estimate of drug-likeness (QED) is 0.858. The lowest BCUT2D eigenvalue weighted by molar-refractivity contribution is -0.176. The molecule has 0 bridgehead atoms. The Morgan fingerprint density at radius 2 is 1.89 bits per heavy atom. The van der Waals surface area contributed by atoms with Crippen LogP contribution < -0.4 is 0 Å². The van der Waals surface area contributed by atoms with Crippen LogP contribution in [0.4, 0.5) is 0 Å². The number of ether oxygens (including phenoxy) is 2. The molecule has 2 rings (SSSR count). The molecule has 1 aromatic rings. The molecule has 1 saturated heterocycles. The first-order valence-electron chi connectivity index (χ1n) is 6.93. The van der Waals surface area contributed by atoms with Crippen molar-refractivity contribution < 1.29 is 14.6 Å². The van der Waals surface area contributed by atoms with Gasteiger partial charge in [0.05, 0.1) is 32.0 Å². The highest BCUT2D eigenvalue weighted by atomic mass is 16.5. The highest BCUT2D eigenvalue weighted by Gasteiger charge is 2.39. The molecule has 0 amide bonds. The topological polar surface area (TPSA) is 38.7 Å². The van der Waals surface area contributed by atoms with Crippen LogP contribution in [0, 0.1) is 5.41 Å². The Balaban J connectivity index is 2.00. The van der Waals surface area contributed by atoms with Gasteiger partial charge in [-0.05, 0) is 31.4 Å². The molecular weight excluding hydrogens is 240 g/mol. The molecule has 1 heterocycles. The van der Waals surface area contributed by atoms with Gasteiger partial charge < -0.3 is 14.6 Å². The molecule has 1 aliphatic heterocycles. The van der Waals surface area contributed by atoms with Gasteiger partial charge in [0.1, 0.15) is 0 Å². The zero-order chi connectivity index (χ0) is 13.9. The molecule has 19 heavy (non-hydrogen) atoms. The maximum atomic E-state index is 9.07. The molecule has 0 atom stereocenters. The second-order valence-electron chi connectivity index (χ2n) is 6.00. The summed E-state index contributed by atoms with van der Waals surface area (Å²) in [5, 5.41) is 9.07. The summed E-state index contributed by atoms with van der Waals surface area (Å²) in [6.07, 6.45) is 1.09. The summed E-state index contributed by atoms with van der Waals surface area (Å²) in [5.74, 6) is 0. The standard InChI is InChI=1S/C16H24O3/c1-4-16(10-18-11-16)12-19-15(2,3)14-7-5-13(9-17)6-8-14/h5-8,17H,4,9-12H2,1-3H3. The molecule has 1 fully saturated rings. The van der Waals surface area contributed by atoms with Crippen molar-refractivity contribution in [1.29, 1.82) is 0 Å². The van der Waals surface area contributed by atoms with E-state index >= 15 is 0 Å². The first-order chi connectivity index (χ1) is 9.01. The average molecular weight is 264 g/mol. The third-order valence-electron chi connectivity index (χ3n) is 4.14. The van der Waals surface area contributed by atoms with E-state index in [0.29, 0.717) is 0 Å². The lowest BCUT2D eigenvalue weighted by Crippen LogP contribution is -2.47. The second-order valence-corrected chi connectivity index (χ2v) is 6.00. The van der Waals surface area contributed by atoms with Crippen LogP contribution in [0.3, 0.4) is 0 Å². The Bertz CT molecular complexity index is 399. The third-order valence-corrected chi connectivity index (χ3v) is 4.14. The van der Waals surface area contributed by atoms with Gasteiger partial charge >= 0.3 is 0 Å². The van der Waals surface area contributed by atoms with E-state index in [9.17, 15) is 0 Å². The molecule has 0 spiro atoms. The molecule has 0 radical (unpaired) electrons. The lowest BCUT2D eigenvalue weighted by atomic mass is 9.84. The van der Waals surface area contributed by atoms with Gasteiger partial charge in [0.2, 0.25) is 0 Å². The molecule has 106 valence electrons. The molecule has 3 heteroatoms. The van der Waals surface area contributed by atoms with E-state index in [1.807, 2.05) is 24.3 Å². The predicted octanol–water partition coefficient (Wildman–Crippen LogP) is 2.86. The van der Waals surface area contributed by atoms with Crippen molar-refractivity contribution in [2.45, 2.75) is 39.4 Å². The first kappa shape index (κ1) is 14.5. The van der Waals surface area contributed by atoms with Crippen molar-refractivity contribution in [2.75, 3.05) is 19.8 Å². The Kier molecular flexibility index (Phi) is 4.29. The molecule has 1 N–H and O–H groups in total. The van der Waals surface area contributed by atoms with Crippen LogP contribution in [0.1, 0.15) is 38.3 Å². The molecule has 3 nitrogen and oxygen atoms in total. The van der Waals surface area contributed by atoms with Gasteiger partial charge in [0, 0.05) is 5.41 Å². The third kappa shape index (κ3) is 3.16. The van der Waals surface area contributed by atoms with Gasteiger partial charge in [-0.2, -0.15) is 0 Å². The Morgan fingerprint density at radius 1 is 1.26 bits per heavy atom. The summed E-state index contributed by atoms with van der Waals surface area (Å²) >= 11 is 0. The number of rotatable bonds is 6. The minimum atomic E-state index is -0.314. The van der Waals surface area contributed by atoms with Gasteiger partial charge in [0.15, 0.2) is 0 Å². The van der Waals surface area contributed by atoms with Crippen LogP contribution in [0.15, 0.2) is 24.3 Å². The molecule has 0 unspecified atom stereocenters. The Hall–Kier alpha value is -0.900. The first-order valence-corrected chi connectivity index (χ1v) is 6.93. The fourth-order valence-corrected chi connectivity index (χ4v) is 2.21. The summed E-state index contributed by atoms with van der Waals surface area (Å²) in [4.78, 5) is 0. The maximum Gasteiger partial charge on any atom is 0.0875 e. The zero-order valence-corrected chi connectivity index (χ0v) is 12.1. The van der Waals surface area contributed by atoms with Crippen LogP contribution in [-0.2, 0) is 21.7 Å². The summed E-state index contributed by atoms with van der Waals surface area (Å²) in [6.45, 7) is 8.80. The minimum absolute atomic E-state index is 0.0812. The average Bonchev–Trinajstić information content (AvgIpc) is 2.38. The highest BCUT2D eigenvalue weighted by Crippen LogP contribution is 2.35. The van der Waals surface area contributed by atoms with Gasteiger partial charge in [-0.1, -0.05) is 31.2 Å². The van der Waals surface area contributed by atoms with E-state index in [0.717, 1.165) is 37.4 Å². The highest BCUT2D eigenvalue weighted by molar-refractivity contribution is 5.26. The molecule has 0 aliphatic carbocycles. The van der Waals surface area contributed by atoms with E-state index in [1.54, 1.807) is 0 Å². The van der Waals surface area contributed by atoms with Crippen LogP contribution in [-0.4, -0.2) is 24.9 Å². The van der Waals surface area contributed by atoms with Crippen molar-refractivity contribution in [2.24, 2.45) is 5.41 Å². The monoisotopic (exact) mass is 264 g/mol. The lowest BCUT2D eigenvalue weighted by Gasteiger charge is -2.42. The largest absolute Gasteiger partial charge is 0.392 e. The van der Waals surface area contributed by atoms with E-state index in [2.05, 4.69) is 20.8 Å². The molecule has 0 saturated carbocycles. The van der Waals surface area contributed by atoms with Crippen LogP contribution in [0.2, 0.25) is 0 Å². The maximum absolute atomic E-state index is 9.07. The van der Waals surface area contributed by atoms with Crippen molar-refractivity contribution >= 4 is 0 Å².